The van der Waals surface area contributed by atoms with Crippen LogP contribution in [0.1, 0.15) is 5.56 Å². The molecule has 1 N–H and O–H groups in total. The molecular formula is C7H5BrN2O2. The molecule has 1 amide bonds. The van der Waals surface area contributed by atoms with Crippen molar-refractivity contribution < 1.29 is 9.90 Å². The van der Waals surface area contributed by atoms with Crippen LogP contribution in [0.15, 0.2) is 27.9 Å². The van der Waals surface area contributed by atoms with Gasteiger partial charge in [-0.05, 0) is 28.1 Å². The minimum Gasteiger partial charge on any atom is -0.463 e. The van der Waals surface area contributed by atoms with Crippen LogP contribution in [-0.2, 0) is 0 Å². The fourth-order valence-corrected chi connectivity index (χ4v) is 0.828. The summed E-state index contributed by atoms with van der Waals surface area (Å²) in [5, 5.41) is 8.20. The van der Waals surface area contributed by atoms with Crippen LogP contribution < -0.4 is 0 Å². The van der Waals surface area contributed by atoms with Gasteiger partial charge in [0.25, 0.3) is 0 Å². The van der Waals surface area contributed by atoms with Gasteiger partial charge in [-0.1, -0.05) is 0 Å². The minimum absolute atomic E-state index is 0.653. The Kier molecular flexibility index (Phi) is 2.93. The molecule has 0 bridgehead atoms. The number of pyridine rings is 1. The number of hydrogen-bond acceptors (Lipinski definition) is 2. The second-order valence-electron chi connectivity index (χ2n) is 1.96. The van der Waals surface area contributed by atoms with Gasteiger partial charge in [-0.15, -0.1) is 0 Å². The van der Waals surface area contributed by atoms with Crippen LogP contribution in [0.3, 0.4) is 0 Å². The van der Waals surface area contributed by atoms with Gasteiger partial charge in [0.15, 0.2) is 0 Å². The molecule has 1 heterocycles. The number of rotatable bonds is 1. The number of aliphatic imine (C=N–C) groups is 1. The number of carbonyl (C=O) groups is 1. The minimum atomic E-state index is -1.21. The van der Waals surface area contributed by atoms with Gasteiger partial charge < -0.3 is 5.11 Å². The number of hydrogen-bond donors (Lipinski definition) is 1. The fraction of sp³-hybridized carbons (Fsp3) is 0. The molecule has 0 aliphatic heterocycles. The topological polar surface area (TPSA) is 62.5 Å². The Morgan fingerprint density at radius 1 is 1.67 bits per heavy atom. The zero-order chi connectivity index (χ0) is 8.97. The highest BCUT2D eigenvalue weighted by Gasteiger charge is 1.90. The lowest BCUT2D eigenvalue weighted by Crippen LogP contribution is -1.88. The largest absolute Gasteiger partial charge is 0.463 e. The number of nitrogens with zero attached hydrogens (tertiary/aromatic N) is 2. The van der Waals surface area contributed by atoms with Crippen molar-refractivity contribution in [2.75, 3.05) is 0 Å². The Labute approximate surface area is 77.1 Å². The van der Waals surface area contributed by atoms with Gasteiger partial charge in [-0.3, -0.25) is 0 Å². The lowest BCUT2D eigenvalue weighted by molar-refractivity contribution is 0.206. The molecule has 62 valence electrons. The first kappa shape index (κ1) is 8.86. The van der Waals surface area contributed by atoms with Gasteiger partial charge in [-0.25, -0.2) is 9.78 Å². The lowest BCUT2D eigenvalue weighted by Gasteiger charge is -1.90. The van der Waals surface area contributed by atoms with E-state index in [1.54, 1.807) is 12.1 Å². The van der Waals surface area contributed by atoms with Crippen LogP contribution in [0.2, 0.25) is 0 Å². The van der Waals surface area contributed by atoms with Gasteiger partial charge in [-0.2, -0.15) is 4.99 Å². The summed E-state index contributed by atoms with van der Waals surface area (Å²) in [6, 6.07) is 3.42. The van der Waals surface area contributed by atoms with Crippen molar-refractivity contribution in [2.24, 2.45) is 4.99 Å². The highest BCUT2D eigenvalue weighted by Crippen LogP contribution is 2.04. The number of halogens is 1. The molecule has 0 fully saturated rings. The average Bonchev–Trinajstić information content (AvgIpc) is 2.03. The molecular weight excluding hydrogens is 224 g/mol. The molecule has 0 saturated carbocycles. The maximum atomic E-state index is 10.0. The molecule has 0 radical (unpaired) electrons. The number of amides is 1. The molecule has 1 aromatic heterocycles. The van der Waals surface area contributed by atoms with Crippen LogP contribution >= 0.6 is 15.9 Å². The molecule has 0 spiro atoms. The number of aromatic nitrogens is 1. The van der Waals surface area contributed by atoms with Gasteiger partial charge in [0.2, 0.25) is 0 Å². The third kappa shape index (κ3) is 2.79. The van der Waals surface area contributed by atoms with Gasteiger partial charge in [0.05, 0.1) is 0 Å². The first-order valence-electron chi connectivity index (χ1n) is 3.07. The van der Waals surface area contributed by atoms with E-state index in [0.29, 0.717) is 10.2 Å². The van der Waals surface area contributed by atoms with Crippen molar-refractivity contribution in [3.8, 4) is 0 Å². The van der Waals surface area contributed by atoms with E-state index < -0.39 is 6.09 Å². The molecule has 5 heteroatoms. The van der Waals surface area contributed by atoms with Gasteiger partial charge in [0, 0.05) is 18.0 Å². The summed E-state index contributed by atoms with van der Waals surface area (Å²) in [6.07, 6.45) is 1.55. The predicted octanol–water partition coefficient (Wildman–Crippen LogP) is 1.94. The zero-order valence-corrected chi connectivity index (χ0v) is 7.52. The molecule has 0 saturated heterocycles. The summed E-state index contributed by atoms with van der Waals surface area (Å²) in [5.41, 5.74) is 0.653. The lowest BCUT2D eigenvalue weighted by atomic mass is 10.3. The third-order valence-corrected chi connectivity index (χ3v) is 1.54. The van der Waals surface area contributed by atoms with Crippen LogP contribution in [-0.4, -0.2) is 22.4 Å². The molecule has 0 aliphatic rings. The molecule has 1 aromatic rings. The highest BCUT2D eigenvalue weighted by molar-refractivity contribution is 9.10. The second-order valence-corrected chi connectivity index (χ2v) is 2.77. The van der Waals surface area contributed by atoms with Crippen LogP contribution in [0, 0.1) is 0 Å². The van der Waals surface area contributed by atoms with Crippen molar-refractivity contribution in [1.82, 2.24) is 4.98 Å². The molecule has 0 atom stereocenters. The van der Waals surface area contributed by atoms with Crippen molar-refractivity contribution in [3.63, 3.8) is 0 Å². The van der Waals surface area contributed by atoms with E-state index in [9.17, 15) is 4.79 Å². The van der Waals surface area contributed by atoms with E-state index in [0.717, 1.165) is 0 Å². The van der Waals surface area contributed by atoms with Crippen LogP contribution in [0.4, 0.5) is 4.79 Å². The number of carboxylic acid groups (broad SMARTS) is 1. The first-order valence-corrected chi connectivity index (χ1v) is 3.86. The Bertz CT molecular complexity index is 308. The van der Waals surface area contributed by atoms with E-state index in [4.69, 9.17) is 5.11 Å². The van der Waals surface area contributed by atoms with Crippen molar-refractivity contribution in [3.05, 3.63) is 28.5 Å². The SMILES string of the molecule is O=C(O)N=Cc1ccc(Br)nc1. The van der Waals surface area contributed by atoms with E-state index in [-0.39, 0.29) is 0 Å². The average molecular weight is 229 g/mol. The quantitative estimate of drug-likeness (QED) is 0.591. The maximum Gasteiger partial charge on any atom is 0.431 e. The summed E-state index contributed by atoms with van der Waals surface area (Å²) in [6.45, 7) is 0. The molecule has 0 aromatic carbocycles. The Morgan fingerprint density at radius 3 is 2.92 bits per heavy atom. The van der Waals surface area contributed by atoms with Gasteiger partial charge in [0.1, 0.15) is 4.60 Å². The third-order valence-electron chi connectivity index (χ3n) is 1.07. The summed E-state index contributed by atoms with van der Waals surface area (Å²) < 4.78 is 0.704. The summed E-state index contributed by atoms with van der Waals surface area (Å²) in [7, 11) is 0. The molecule has 12 heavy (non-hydrogen) atoms. The molecule has 4 nitrogen and oxygen atoms in total. The Hall–Kier alpha value is -1.23. The highest BCUT2D eigenvalue weighted by atomic mass is 79.9. The molecule has 1 rings (SSSR count). The molecule has 0 aliphatic carbocycles. The van der Waals surface area contributed by atoms with Crippen molar-refractivity contribution in [1.29, 1.82) is 0 Å². The van der Waals surface area contributed by atoms with E-state index in [2.05, 4.69) is 25.9 Å². The van der Waals surface area contributed by atoms with E-state index in [1.165, 1.54) is 12.4 Å². The van der Waals surface area contributed by atoms with Crippen LogP contribution in [0.25, 0.3) is 0 Å². The van der Waals surface area contributed by atoms with E-state index >= 15 is 0 Å². The normalized spacial score (nSPS) is 10.4. The zero-order valence-electron chi connectivity index (χ0n) is 5.94. The van der Waals surface area contributed by atoms with E-state index in [1.807, 2.05) is 0 Å². The monoisotopic (exact) mass is 228 g/mol. The van der Waals surface area contributed by atoms with Gasteiger partial charge >= 0.3 is 6.09 Å². The predicted molar refractivity (Wildman–Crippen MR) is 47.6 cm³/mol. The Morgan fingerprint density at radius 2 is 2.42 bits per heavy atom. The standard InChI is InChI=1S/C7H5BrN2O2/c8-6-2-1-5(3-9-6)4-10-7(11)12/h1-4H,(H,11,12). The summed E-state index contributed by atoms with van der Waals surface area (Å²) in [4.78, 5) is 17.1. The Balaban J connectivity index is 2.77. The summed E-state index contributed by atoms with van der Waals surface area (Å²) in [5.74, 6) is 0. The van der Waals surface area contributed by atoms with Crippen molar-refractivity contribution >= 4 is 28.2 Å². The maximum absolute atomic E-state index is 10.0. The van der Waals surface area contributed by atoms with Crippen molar-refractivity contribution in [2.45, 2.75) is 0 Å². The second kappa shape index (κ2) is 3.96. The fourth-order valence-electron chi connectivity index (χ4n) is 0.593. The summed E-state index contributed by atoms with van der Waals surface area (Å²) >= 11 is 3.15. The van der Waals surface area contributed by atoms with Crippen LogP contribution in [0.5, 0.6) is 0 Å². The molecule has 0 unspecified atom stereocenters. The first-order chi connectivity index (χ1) is 5.68. The smallest absolute Gasteiger partial charge is 0.431 e.